The summed E-state index contributed by atoms with van der Waals surface area (Å²) in [5.41, 5.74) is 1.42. The lowest BCUT2D eigenvalue weighted by Gasteiger charge is -2.17. The van der Waals surface area contributed by atoms with Crippen LogP contribution in [0.4, 0.5) is 18.9 Å². The summed E-state index contributed by atoms with van der Waals surface area (Å²) in [6.45, 7) is 0.481. The predicted molar refractivity (Wildman–Crippen MR) is 115 cm³/mol. The van der Waals surface area contributed by atoms with Gasteiger partial charge in [-0.05, 0) is 36.7 Å². The molecular weight excluding hydrogens is 423 g/mol. The number of nitrogens with one attached hydrogen (secondary N) is 2. The van der Waals surface area contributed by atoms with Crippen LogP contribution in [0.3, 0.4) is 0 Å². The van der Waals surface area contributed by atoms with Crippen LogP contribution in [0.15, 0.2) is 54.7 Å². The van der Waals surface area contributed by atoms with Crippen molar-refractivity contribution < 1.29 is 13.2 Å². The van der Waals surface area contributed by atoms with E-state index in [1.165, 1.54) is 12.3 Å². The quantitative estimate of drug-likeness (QED) is 0.385. The minimum absolute atomic E-state index is 0.0781. The summed E-state index contributed by atoms with van der Waals surface area (Å²) in [5, 5.41) is 11.0. The number of pyridine rings is 1. The monoisotopic (exact) mass is 441 g/mol. The van der Waals surface area contributed by atoms with Gasteiger partial charge in [-0.1, -0.05) is 42.5 Å². The Kier molecular flexibility index (Phi) is 4.77. The van der Waals surface area contributed by atoms with Gasteiger partial charge >= 0.3 is 6.18 Å². The van der Waals surface area contributed by atoms with Crippen molar-refractivity contribution in [3.63, 3.8) is 0 Å². The Morgan fingerprint density at radius 2 is 1.87 bits per heavy atom. The third-order valence-corrected chi connectivity index (χ3v) is 5.62. The molecule has 1 aliphatic rings. The molecule has 4 aromatic rings. The third-order valence-electron chi connectivity index (χ3n) is 5.31. The molecular formula is C22H18F3N5S. The molecule has 9 heteroatoms. The zero-order valence-electron chi connectivity index (χ0n) is 16.3. The summed E-state index contributed by atoms with van der Waals surface area (Å²) in [7, 11) is 0. The van der Waals surface area contributed by atoms with Crippen molar-refractivity contribution in [2.75, 3.05) is 5.32 Å². The second kappa shape index (κ2) is 7.49. The van der Waals surface area contributed by atoms with Crippen molar-refractivity contribution >= 4 is 28.8 Å². The van der Waals surface area contributed by atoms with E-state index in [0.29, 0.717) is 33.8 Å². The van der Waals surface area contributed by atoms with Gasteiger partial charge in [0.1, 0.15) is 0 Å². The van der Waals surface area contributed by atoms with Gasteiger partial charge in [-0.3, -0.25) is 14.6 Å². The number of halogens is 3. The molecule has 1 saturated carbocycles. The highest BCUT2D eigenvalue weighted by Gasteiger charge is 2.34. The highest BCUT2D eigenvalue weighted by molar-refractivity contribution is 7.71. The number of anilines is 1. The molecule has 0 spiro atoms. The summed E-state index contributed by atoms with van der Waals surface area (Å²) in [6.07, 6.45) is -1.09. The SMILES string of the molecule is FC(F)(F)c1cccc2c(NC3CC3)c(-c3n[nH]c(=S)n3Cc3ccccc3)cnc12. The molecule has 0 unspecified atom stereocenters. The van der Waals surface area contributed by atoms with Crippen LogP contribution < -0.4 is 5.32 Å². The Hall–Kier alpha value is -3.20. The van der Waals surface area contributed by atoms with Crippen molar-refractivity contribution in [2.45, 2.75) is 31.6 Å². The molecule has 0 saturated heterocycles. The molecule has 2 aromatic heterocycles. The van der Waals surface area contributed by atoms with E-state index in [2.05, 4.69) is 20.5 Å². The molecule has 5 rings (SSSR count). The summed E-state index contributed by atoms with van der Waals surface area (Å²) in [6, 6.07) is 14.1. The fraction of sp³-hybridized carbons (Fsp3) is 0.227. The smallest absolute Gasteiger partial charge is 0.381 e. The summed E-state index contributed by atoms with van der Waals surface area (Å²) in [4.78, 5) is 4.21. The minimum atomic E-state index is -4.49. The lowest BCUT2D eigenvalue weighted by Crippen LogP contribution is -2.10. The highest BCUT2D eigenvalue weighted by Crippen LogP contribution is 2.41. The second-order valence-electron chi connectivity index (χ2n) is 7.59. The summed E-state index contributed by atoms with van der Waals surface area (Å²) < 4.78 is 42.9. The highest BCUT2D eigenvalue weighted by atomic mass is 32.1. The lowest BCUT2D eigenvalue weighted by atomic mass is 10.0. The maximum Gasteiger partial charge on any atom is 0.418 e. The van der Waals surface area contributed by atoms with Gasteiger partial charge in [0.25, 0.3) is 0 Å². The number of aromatic nitrogens is 4. The zero-order valence-corrected chi connectivity index (χ0v) is 17.1. The number of nitrogens with zero attached hydrogens (tertiary/aromatic N) is 3. The van der Waals surface area contributed by atoms with Gasteiger partial charge in [-0.25, -0.2) is 0 Å². The van der Waals surface area contributed by atoms with Crippen LogP contribution in [0, 0.1) is 4.77 Å². The van der Waals surface area contributed by atoms with Crippen LogP contribution in [0.5, 0.6) is 0 Å². The van der Waals surface area contributed by atoms with Crippen molar-refractivity contribution in [3.8, 4) is 11.4 Å². The van der Waals surface area contributed by atoms with E-state index < -0.39 is 11.7 Å². The van der Waals surface area contributed by atoms with Crippen LogP contribution in [0.2, 0.25) is 0 Å². The van der Waals surface area contributed by atoms with Gasteiger partial charge < -0.3 is 5.32 Å². The standard InChI is InChI=1S/C22H18F3N5S/c23-22(24,25)17-8-4-7-15-18(27-14-9-10-14)16(11-26-19(15)17)20-28-29-21(31)30(20)12-13-5-2-1-3-6-13/h1-8,11,14H,9-10,12H2,(H,26,27)(H,29,31). The van der Waals surface area contributed by atoms with E-state index in [1.54, 1.807) is 6.07 Å². The van der Waals surface area contributed by atoms with Crippen molar-refractivity contribution in [2.24, 2.45) is 0 Å². The molecule has 1 aliphatic carbocycles. The van der Waals surface area contributed by atoms with Crippen LogP contribution >= 0.6 is 12.2 Å². The molecule has 31 heavy (non-hydrogen) atoms. The minimum Gasteiger partial charge on any atom is -0.381 e. The molecule has 0 amide bonds. The summed E-state index contributed by atoms with van der Waals surface area (Å²) in [5.74, 6) is 0.531. The first-order chi connectivity index (χ1) is 14.9. The van der Waals surface area contributed by atoms with Crippen LogP contribution in [0.1, 0.15) is 24.0 Å². The van der Waals surface area contributed by atoms with E-state index in [4.69, 9.17) is 12.2 Å². The Labute approximate surface area is 180 Å². The van der Waals surface area contributed by atoms with Crippen molar-refractivity contribution in [3.05, 3.63) is 70.6 Å². The Bertz CT molecular complexity index is 1310. The second-order valence-corrected chi connectivity index (χ2v) is 7.98. The fourth-order valence-corrected chi connectivity index (χ4v) is 3.84. The van der Waals surface area contributed by atoms with Crippen LogP contribution in [-0.2, 0) is 12.7 Å². The first kappa shape index (κ1) is 19.7. The number of aromatic amines is 1. The normalized spacial score (nSPS) is 14.2. The maximum atomic E-state index is 13.6. The van der Waals surface area contributed by atoms with Gasteiger partial charge in [0.05, 0.1) is 28.9 Å². The molecule has 158 valence electrons. The Balaban J connectivity index is 1.70. The van der Waals surface area contributed by atoms with Crippen LogP contribution in [-0.4, -0.2) is 25.8 Å². The molecule has 1 fully saturated rings. The summed E-state index contributed by atoms with van der Waals surface area (Å²) >= 11 is 5.44. The van der Waals surface area contributed by atoms with Gasteiger partial charge in [0.15, 0.2) is 10.6 Å². The van der Waals surface area contributed by atoms with Crippen molar-refractivity contribution in [1.29, 1.82) is 0 Å². The fourth-order valence-electron chi connectivity index (χ4n) is 3.64. The van der Waals surface area contributed by atoms with E-state index in [1.807, 2.05) is 34.9 Å². The molecule has 0 bridgehead atoms. The van der Waals surface area contributed by atoms with Crippen LogP contribution in [0.25, 0.3) is 22.3 Å². The molecule has 0 atom stereocenters. The molecule has 2 N–H and O–H groups in total. The zero-order chi connectivity index (χ0) is 21.6. The molecule has 0 aliphatic heterocycles. The van der Waals surface area contributed by atoms with Gasteiger partial charge in [0.2, 0.25) is 0 Å². The Morgan fingerprint density at radius 1 is 1.10 bits per heavy atom. The topological polar surface area (TPSA) is 58.5 Å². The molecule has 0 radical (unpaired) electrons. The van der Waals surface area contributed by atoms with E-state index >= 15 is 0 Å². The lowest BCUT2D eigenvalue weighted by molar-refractivity contribution is -0.136. The average molecular weight is 441 g/mol. The molecule has 2 aromatic carbocycles. The van der Waals surface area contributed by atoms with E-state index in [9.17, 15) is 13.2 Å². The number of alkyl halides is 3. The molecule has 2 heterocycles. The van der Waals surface area contributed by atoms with Gasteiger partial charge in [-0.15, -0.1) is 0 Å². The van der Waals surface area contributed by atoms with E-state index in [-0.39, 0.29) is 11.6 Å². The van der Waals surface area contributed by atoms with Gasteiger partial charge in [0, 0.05) is 17.6 Å². The van der Waals surface area contributed by atoms with Crippen molar-refractivity contribution in [1.82, 2.24) is 19.7 Å². The third kappa shape index (κ3) is 3.81. The van der Waals surface area contributed by atoms with Gasteiger partial charge in [-0.2, -0.15) is 18.3 Å². The number of hydrogen-bond acceptors (Lipinski definition) is 4. The van der Waals surface area contributed by atoms with E-state index in [0.717, 1.165) is 24.5 Å². The number of H-pyrrole nitrogens is 1. The average Bonchev–Trinajstić information content (AvgIpc) is 3.51. The number of fused-ring (bicyclic) bond motifs is 1. The number of hydrogen-bond donors (Lipinski definition) is 2. The predicted octanol–water partition coefficient (Wildman–Crippen LogP) is 5.80. The first-order valence-corrected chi connectivity index (χ1v) is 10.3. The number of benzene rings is 2. The maximum absolute atomic E-state index is 13.6. The number of para-hydroxylation sites is 1. The largest absolute Gasteiger partial charge is 0.418 e. The first-order valence-electron chi connectivity index (χ1n) is 9.87. The molecule has 5 nitrogen and oxygen atoms in total. The number of rotatable bonds is 5. The Morgan fingerprint density at radius 3 is 2.58 bits per heavy atom.